The van der Waals surface area contributed by atoms with Gasteiger partial charge in [-0.25, -0.2) is 4.39 Å². The molecule has 1 saturated carbocycles. The Morgan fingerprint density at radius 1 is 1.22 bits per heavy atom. The van der Waals surface area contributed by atoms with E-state index in [4.69, 9.17) is 18.0 Å². The number of rotatable bonds is 3. The van der Waals surface area contributed by atoms with Gasteiger partial charge in [-0.15, -0.1) is 0 Å². The predicted molar refractivity (Wildman–Crippen MR) is 77.4 cm³/mol. The molecule has 1 aliphatic carbocycles. The Labute approximate surface area is 113 Å². The first-order valence-corrected chi connectivity index (χ1v) is 6.93. The number of hydrogen-bond donors (Lipinski definition) is 2. The Morgan fingerprint density at radius 2 is 1.89 bits per heavy atom. The molecular formula is C14H19FN2S. The molecule has 0 bridgehead atoms. The van der Waals surface area contributed by atoms with Crippen molar-refractivity contribution in [2.45, 2.75) is 44.6 Å². The second-order valence-electron chi connectivity index (χ2n) is 4.89. The lowest BCUT2D eigenvalue weighted by atomic mass is 10.1. The van der Waals surface area contributed by atoms with E-state index in [0.717, 1.165) is 5.69 Å². The van der Waals surface area contributed by atoms with Crippen molar-refractivity contribution in [3.05, 3.63) is 29.6 Å². The highest BCUT2D eigenvalue weighted by molar-refractivity contribution is 7.80. The van der Waals surface area contributed by atoms with Gasteiger partial charge in [0, 0.05) is 17.3 Å². The van der Waals surface area contributed by atoms with E-state index in [1.807, 2.05) is 6.07 Å². The van der Waals surface area contributed by atoms with Crippen LogP contribution in [0.15, 0.2) is 18.2 Å². The Morgan fingerprint density at radius 3 is 2.44 bits per heavy atom. The number of hydrogen-bond acceptors (Lipinski definition) is 2. The van der Waals surface area contributed by atoms with Gasteiger partial charge in [0.05, 0.1) is 0 Å². The van der Waals surface area contributed by atoms with Crippen molar-refractivity contribution in [1.29, 1.82) is 0 Å². The summed E-state index contributed by atoms with van der Waals surface area (Å²) >= 11 is 4.79. The first kappa shape index (κ1) is 13.3. The number of anilines is 1. The molecule has 2 nitrogen and oxygen atoms in total. The molecule has 0 unspecified atom stereocenters. The van der Waals surface area contributed by atoms with Gasteiger partial charge in [0.25, 0.3) is 0 Å². The standard InChI is InChI=1S/C14H19FN2S/c15-13-9-11(7-8-12(13)14(16)18)17-10-5-3-1-2-4-6-10/h7-10,17H,1-6H2,(H2,16,18). The Balaban J connectivity index is 2.05. The van der Waals surface area contributed by atoms with E-state index >= 15 is 0 Å². The van der Waals surface area contributed by atoms with Gasteiger partial charge >= 0.3 is 0 Å². The highest BCUT2D eigenvalue weighted by Crippen LogP contribution is 2.22. The Bertz CT molecular complexity index is 426. The van der Waals surface area contributed by atoms with Crippen LogP contribution in [-0.4, -0.2) is 11.0 Å². The van der Waals surface area contributed by atoms with Crippen molar-refractivity contribution < 1.29 is 4.39 Å². The molecule has 1 aromatic rings. The lowest BCUT2D eigenvalue weighted by Gasteiger charge is -2.18. The second kappa shape index (κ2) is 6.14. The molecule has 4 heteroatoms. The van der Waals surface area contributed by atoms with E-state index in [1.165, 1.54) is 44.6 Å². The summed E-state index contributed by atoms with van der Waals surface area (Å²) in [5, 5.41) is 3.40. The van der Waals surface area contributed by atoms with Gasteiger partial charge in [-0.2, -0.15) is 0 Å². The van der Waals surface area contributed by atoms with Gasteiger partial charge in [-0.3, -0.25) is 0 Å². The van der Waals surface area contributed by atoms with Crippen LogP contribution in [0.1, 0.15) is 44.1 Å². The maximum Gasteiger partial charge on any atom is 0.135 e. The first-order valence-electron chi connectivity index (χ1n) is 6.52. The predicted octanol–water partition coefficient (Wildman–Crippen LogP) is 3.59. The normalized spacial score (nSPS) is 17.2. The number of nitrogens with one attached hydrogen (secondary N) is 1. The molecule has 0 aliphatic heterocycles. The minimum Gasteiger partial charge on any atom is -0.389 e. The fourth-order valence-electron chi connectivity index (χ4n) is 2.46. The van der Waals surface area contributed by atoms with Crippen molar-refractivity contribution in [3.63, 3.8) is 0 Å². The monoisotopic (exact) mass is 266 g/mol. The number of benzene rings is 1. The summed E-state index contributed by atoms with van der Waals surface area (Å²) in [6, 6.07) is 5.45. The summed E-state index contributed by atoms with van der Waals surface area (Å²) in [5.74, 6) is -0.346. The lowest BCUT2D eigenvalue weighted by molar-refractivity contribution is 0.612. The average Bonchev–Trinajstić information content (AvgIpc) is 2.57. The van der Waals surface area contributed by atoms with Crippen LogP contribution in [0.5, 0.6) is 0 Å². The molecule has 1 aliphatic rings. The lowest BCUT2D eigenvalue weighted by Crippen LogP contribution is -2.19. The van der Waals surface area contributed by atoms with E-state index < -0.39 is 0 Å². The van der Waals surface area contributed by atoms with E-state index in [9.17, 15) is 4.39 Å². The summed E-state index contributed by atoms with van der Waals surface area (Å²) in [7, 11) is 0. The van der Waals surface area contributed by atoms with Gasteiger partial charge in [-0.05, 0) is 31.0 Å². The van der Waals surface area contributed by atoms with Crippen LogP contribution in [0.2, 0.25) is 0 Å². The van der Waals surface area contributed by atoms with Crippen LogP contribution in [0, 0.1) is 5.82 Å². The molecule has 2 rings (SSSR count). The number of nitrogens with two attached hydrogens (primary N) is 1. The molecule has 0 saturated heterocycles. The zero-order valence-corrected chi connectivity index (χ0v) is 11.2. The van der Waals surface area contributed by atoms with E-state index in [2.05, 4.69) is 5.32 Å². The minimum absolute atomic E-state index is 0.105. The largest absolute Gasteiger partial charge is 0.389 e. The van der Waals surface area contributed by atoms with Crippen molar-refractivity contribution in [2.24, 2.45) is 5.73 Å². The van der Waals surface area contributed by atoms with Gasteiger partial charge in [0.1, 0.15) is 10.8 Å². The van der Waals surface area contributed by atoms with Crippen LogP contribution in [0.4, 0.5) is 10.1 Å². The van der Waals surface area contributed by atoms with Crippen molar-refractivity contribution in [3.8, 4) is 0 Å². The molecule has 18 heavy (non-hydrogen) atoms. The molecule has 98 valence electrons. The molecule has 0 amide bonds. The number of thiocarbonyl (C=S) groups is 1. The zero-order chi connectivity index (χ0) is 13.0. The summed E-state index contributed by atoms with van der Waals surface area (Å²) in [4.78, 5) is 0.105. The highest BCUT2D eigenvalue weighted by atomic mass is 32.1. The molecule has 0 radical (unpaired) electrons. The van der Waals surface area contributed by atoms with Gasteiger partial charge in [-0.1, -0.05) is 37.9 Å². The molecule has 0 aromatic heterocycles. The van der Waals surface area contributed by atoms with E-state index in [1.54, 1.807) is 6.07 Å². The summed E-state index contributed by atoms with van der Waals surface area (Å²) < 4.78 is 13.7. The smallest absolute Gasteiger partial charge is 0.135 e. The van der Waals surface area contributed by atoms with Gasteiger partial charge < -0.3 is 11.1 Å². The quantitative estimate of drug-likeness (QED) is 0.648. The van der Waals surface area contributed by atoms with Crippen molar-refractivity contribution in [2.75, 3.05) is 5.32 Å². The molecule has 1 aromatic carbocycles. The highest BCUT2D eigenvalue weighted by Gasteiger charge is 2.13. The third-order valence-electron chi connectivity index (χ3n) is 3.46. The average molecular weight is 266 g/mol. The molecule has 1 fully saturated rings. The van der Waals surface area contributed by atoms with Crippen molar-refractivity contribution >= 4 is 22.9 Å². The SMILES string of the molecule is NC(=S)c1ccc(NC2CCCCCC2)cc1F. The Kier molecular flexibility index (Phi) is 4.53. The maximum atomic E-state index is 13.7. The van der Waals surface area contributed by atoms with Crippen LogP contribution in [0.3, 0.4) is 0 Å². The zero-order valence-electron chi connectivity index (χ0n) is 10.4. The Hall–Kier alpha value is -1.16. The fraction of sp³-hybridized carbons (Fsp3) is 0.500. The minimum atomic E-state index is -0.346. The second-order valence-corrected chi connectivity index (χ2v) is 5.33. The fourth-order valence-corrected chi connectivity index (χ4v) is 2.63. The first-order chi connectivity index (χ1) is 8.66. The third kappa shape index (κ3) is 3.42. The van der Waals surface area contributed by atoms with Crippen LogP contribution in [-0.2, 0) is 0 Å². The van der Waals surface area contributed by atoms with Crippen LogP contribution >= 0.6 is 12.2 Å². The van der Waals surface area contributed by atoms with Crippen molar-refractivity contribution in [1.82, 2.24) is 0 Å². The number of halogens is 1. The third-order valence-corrected chi connectivity index (χ3v) is 3.68. The van der Waals surface area contributed by atoms with Crippen LogP contribution < -0.4 is 11.1 Å². The molecule has 0 atom stereocenters. The van der Waals surface area contributed by atoms with Gasteiger partial charge in [0.2, 0.25) is 0 Å². The molecule has 0 spiro atoms. The maximum absolute atomic E-state index is 13.7. The van der Waals surface area contributed by atoms with E-state index in [0.29, 0.717) is 11.6 Å². The molecule has 3 N–H and O–H groups in total. The summed E-state index contributed by atoms with van der Waals surface area (Å²) in [6.07, 6.45) is 7.47. The topological polar surface area (TPSA) is 38.0 Å². The molecular weight excluding hydrogens is 247 g/mol. The van der Waals surface area contributed by atoms with Crippen LogP contribution in [0.25, 0.3) is 0 Å². The van der Waals surface area contributed by atoms with E-state index in [-0.39, 0.29) is 10.8 Å². The summed E-state index contributed by atoms with van der Waals surface area (Å²) in [5.41, 5.74) is 6.58. The molecule has 0 heterocycles. The van der Waals surface area contributed by atoms with Gasteiger partial charge in [0.15, 0.2) is 0 Å². The summed E-state index contributed by atoms with van der Waals surface area (Å²) in [6.45, 7) is 0.